The molecule has 2 aliphatic rings. The number of aromatic nitrogens is 1. The Bertz CT molecular complexity index is 483. The van der Waals surface area contributed by atoms with Gasteiger partial charge in [-0.1, -0.05) is 6.92 Å². The van der Waals surface area contributed by atoms with E-state index in [9.17, 15) is 4.79 Å². The maximum atomic E-state index is 12.1. The van der Waals surface area contributed by atoms with Gasteiger partial charge >= 0.3 is 0 Å². The molecule has 0 bridgehead atoms. The second-order valence-corrected chi connectivity index (χ2v) is 6.24. The number of carbonyl (C=O) groups excluding carboxylic acids is 1. The number of amides is 1. The maximum Gasteiger partial charge on any atom is 0.253 e. The molecule has 0 radical (unpaired) electrons. The third kappa shape index (κ3) is 5.23. The van der Waals surface area contributed by atoms with Crippen molar-refractivity contribution in [3.8, 4) is 0 Å². The molecule has 130 valence electrons. The van der Waals surface area contributed by atoms with Crippen molar-refractivity contribution in [1.82, 2.24) is 15.6 Å². The van der Waals surface area contributed by atoms with E-state index in [2.05, 4.69) is 27.4 Å². The Hall–Kier alpha value is -1.04. The third-order valence-corrected chi connectivity index (χ3v) is 4.51. The molecule has 1 atom stereocenters. The molecule has 2 N–H and O–H groups in total. The first-order valence-electron chi connectivity index (χ1n) is 7.95. The van der Waals surface area contributed by atoms with E-state index in [1.165, 1.54) is 12.8 Å². The van der Waals surface area contributed by atoms with E-state index >= 15 is 0 Å². The van der Waals surface area contributed by atoms with Crippen LogP contribution < -0.4 is 15.5 Å². The highest BCUT2D eigenvalue weighted by Gasteiger charge is 2.19. The second-order valence-electron chi connectivity index (χ2n) is 6.24. The van der Waals surface area contributed by atoms with Crippen molar-refractivity contribution in [2.45, 2.75) is 32.2 Å². The molecule has 1 unspecified atom stereocenters. The van der Waals surface area contributed by atoms with Crippen LogP contribution >= 0.6 is 24.8 Å². The fraction of sp³-hybridized carbons (Fsp3) is 0.625. The number of halogens is 2. The first kappa shape index (κ1) is 20.0. The molecular weight excluding hydrogens is 335 g/mol. The zero-order valence-corrected chi connectivity index (χ0v) is 15.1. The van der Waals surface area contributed by atoms with Crippen LogP contribution in [-0.4, -0.2) is 43.1 Å². The molecule has 2 aliphatic heterocycles. The SMILES string of the molecule is CC1CCN(c2ccc(C(=O)NC3CCNC3)cn2)CC1.Cl.Cl. The topological polar surface area (TPSA) is 57.3 Å². The van der Waals surface area contributed by atoms with Crippen LogP contribution in [0.3, 0.4) is 0 Å². The molecule has 5 nitrogen and oxygen atoms in total. The van der Waals surface area contributed by atoms with Gasteiger partial charge in [-0.2, -0.15) is 0 Å². The van der Waals surface area contributed by atoms with Crippen molar-refractivity contribution in [3.05, 3.63) is 23.9 Å². The van der Waals surface area contributed by atoms with Gasteiger partial charge in [-0.15, -0.1) is 24.8 Å². The molecule has 3 rings (SSSR count). The van der Waals surface area contributed by atoms with Crippen molar-refractivity contribution < 1.29 is 4.79 Å². The monoisotopic (exact) mass is 360 g/mol. The molecule has 2 saturated heterocycles. The third-order valence-electron chi connectivity index (χ3n) is 4.51. The predicted molar refractivity (Wildman–Crippen MR) is 98.1 cm³/mol. The average Bonchev–Trinajstić information content (AvgIpc) is 3.01. The molecule has 2 fully saturated rings. The highest BCUT2D eigenvalue weighted by atomic mass is 35.5. The Labute approximate surface area is 150 Å². The number of hydrogen-bond acceptors (Lipinski definition) is 4. The van der Waals surface area contributed by atoms with Crippen LogP contribution in [0.2, 0.25) is 0 Å². The van der Waals surface area contributed by atoms with Crippen molar-refractivity contribution in [2.75, 3.05) is 31.1 Å². The zero-order chi connectivity index (χ0) is 14.7. The minimum Gasteiger partial charge on any atom is -0.357 e. The summed E-state index contributed by atoms with van der Waals surface area (Å²) >= 11 is 0. The summed E-state index contributed by atoms with van der Waals surface area (Å²) in [6, 6.07) is 4.11. The zero-order valence-electron chi connectivity index (χ0n) is 13.5. The van der Waals surface area contributed by atoms with E-state index in [1.807, 2.05) is 12.1 Å². The summed E-state index contributed by atoms with van der Waals surface area (Å²) in [5, 5.41) is 6.29. The predicted octanol–water partition coefficient (Wildman–Crippen LogP) is 2.25. The van der Waals surface area contributed by atoms with E-state index in [1.54, 1.807) is 6.20 Å². The van der Waals surface area contributed by atoms with Gasteiger partial charge in [-0.25, -0.2) is 4.98 Å². The summed E-state index contributed by atoms with van der Waals surface area (Å²) in [6.07, 6.45) is 5.14. The van der Waals surface area contributed by atoms with Gasteiger partial charge < -0.3 is 15.5 Å². The number of anilines is 1. The Kier molecular flexibility index (Phi) is 8.09. The van der Waals surface area contributed by atoms with Gasteiger partial charge in [0.15, 0.2) is 0 Å². The largest absolute Gasteiger partial charge is 0.357 e. The van der Waals surface area contributed by atoms with Crippen LogP contribution in [0.25, 0.3) is 0 Å². The van der Waals surface area contributed by atoms with E-state index in [-0.39, 0.29) is 36.8 Å². The fourth-order valence-corrected chi connectivity index (χ4v) is 2.99. The maximum absolute atomic E-state index is 12.1. The molecule has 1 aromatic heterocycles. The minimum absolute atomic E-state index is 0. The van der Waals surface area contributed by atoms with Crippen molar-refractivity contribution in [2.24, 2.45) is 5.92 Å². The standard InChI is InChI=1S/C16H24N4O.2ClH/c1-12-5-8-20(9-6-12)15-3-2-13(10-18-15)16(21)19-14-4-7-17-11-14;;/h2-3,10,12,14,17H,4-9,11H2,1H3,(H,19,21);2*1H. The molecule has 7 heteroatoms. The van der Waals surface area contributed by atoms with Crippen molar-refractivity contribution in [3.63, 3.8) is 0 Å². The van der Waals surface area contributed by atoms with Gasteiger partial charge in [0.2, 0.25) is 0 Å². The van der Waals surface area contributed by atoms with E-state index in [4.69, 9.17) is 0 Å². The number of rotatable bonds is 3. The summed E-state index contributed by atoms with van der Waals surface area (Å²) in [4.78, 5) is 18.9. The van der Waals surface area contributed by atoms with Crippen LogP contribution in [0.15, 0.2) is 18.3 Å². The Balaban J connectivity index is 0.00000132. The Morgan fingerprint density at radius 3 is 2.57 bits per heavy atom. The highest BCUT2D eigenvalue weighted by Crippen LogP contribution is 2.21. The molecule has 1 amide bonds. The van der Waals surface area contributed by atoms with Gasteiger partial charge in [-0.05, 0) is 43.9 Å². The molecule has 0 aliphatic carbocycles. The minimum atomic E-state index is -0.0185. The van der Waals surface area contributed by atoms with E-state index in [0.29, 0.717) is 5.56 Å². The number of pyridine rings is 1. The number of carbonyl (C=O) groups is 1. The number of nitrogens with one attached hydrogen (secondary N) is 2. The van der Waals surface area contributed by atoms with Gasteiger partial charge in [-0.3, -0.25) is 4.79 Å². The van der Waals surface area contributed by atoms with E-state index in [0.717, 1.165) is 44.3 Å². The number of nitrogens with zero attached hydrogens (tertiary/aromatic N) is 2. The first-order chi connectivity index (χ1) is 10.2. The Morgan fingerprint density at radius 2 is 2.00 bits per heavy atom. The molecule has 0 saturated carbocycles. The smallest absolute Gasteiger partial charge is 0.253 e. The molecule has 23 heavy (non-hydrogen) atoms. The van der Waals surface area contributed by atoms with Crippen molar-refractivity contribution in [1.29, 1.82) is 0 Å². The second kappa shape index (κ2) is 9.30. The quantitative estimate of drug-likeness (QED) is 0.867. The van der Waals surface area contributed by atoms with Crippen LogP contribution in [0.5, 0.6) is 0 Å². The van der Waals surface area contributed by atoms with Gasteiger partial charge in [0, 0.05) is 31.9 Å². The summed E-state index contributed by atoms with van der Waals surface area (Å²) in [5.74, 6) is 1.78. The summed E-state index contributed by atoms with van der Waals surface area (Å²) in [6.45, 7) is 6.27. The molecule has 3 heterocycles. The van der Waals surface area contributed by atoms with Crippen LogP contribution in [0, 0.1) is 5.92 Å². The Morgan fingerprint density at radius 1 is 1.26 bits per heavy atom. The first-order valence-corrected chi connectivity index (χ1v) is 7.95. The molecule has 0 spiro atoms. The number of hydrogen-bond donors (Lipinski definition) is 2. The fourth-order valence-electron chi connectivity index (χ4n) is 2.99. The van der Waals surface area contributed by atoms with Crippen LogP contribution in [0.4, 0.5) is 5.82 Å². The summed E-state index contributed by atoms with van der Waals surface area (Å²) in [7, 11) is 0. The van der Waals surface area contributed by atoms with E-state index < -0.39 is 0 Å². The normalized spacial score (nSPS) is 21.3. The van der Waals surface area contributed by atoms with Crippen LogP contribution in [-0.2, 0) is 0 Å². The molecular formula is C16H26Cl2N4O. The van der Waals surface area contributed by atoms with Gasteiger partial charge in [0.05, 0.1) is 5.56 Å². The average molecular weight is 361 g/mol. The summed E-state index contributed by atoms with van der Waals surface area (Å²) in [5.41, 5.74) is 0.649. The lowest BCUT2D eigenvalue weighted by Gasteiger charge is -2.31. The lowest BCUT2D eigenvalue weighted by molar-refractivity contribution is 0.0939. The molecule has 0 aromatic carbocycles. The van der Waals surface area contributed by atoms with Gasteiger partial charge in [0.25, 0.3) is 5.91 Å². The summed E-state index contributed by atoms with van der Waals surface area (Å²) < 4.78 is 0. The van der Waals surface area contributed by atoms with Crippen LogP contribution in [0.1, 0.15) is 36.5 Å². The highest BCUT2D eigenvalue weighted by molar-refractivity contribution is 5.94. The number of piperidine rings is 1. The lowest BCUT2D eigenvalue weighted by atomic mass is 9.99. The van der Waals surface area contributed by atoms with Gasteiger partial charge in [0.1, 0.15) is 5.82 Å². The molecule has 1 aromatic rings. The lowest BCUT2D eigenvalue weighted by Crippen LogP contribution is -2.36. The van der Waals surface area contributed by atoms with Crippen molar-refractivity contribution >= 4 is 36.5 Å².